The summed E-state index contributed by atoms with van der Waals surface area (Å²) in [7, 11) is 10.5. The van der Waals surface area contributed by atoms with Crippen molar-refractivity contribution in [2.75, 3.05) is 67.8 Å². The Kier molecular flexibility index (Phi) is 32.3. The van der Waals surface area contributed by atoms with Gasteiger partial charge in [0.15, 0.2) is 11.6 Å². The van der Waals surface area contributed by atoms with Crippen LogP contribution in [0.2, 0.25) is 0 Å². The number of Topliss-reactive ketones (excluding diaryl/α,β-unsaturated/α-hetero) is 3. The topological polar surface area (TPSA) is 281 Å². The van der Waals surface area contributed by atoms with Crippen LogP contribution in [0.3, 0.4) is 0 Å². The number of nitrogens with zero attached hydrogens (tertiary/aromatic N) is 5. The van der Waals surface area contributed by atoms with E-state index in [2.05, 4.69) is 56.9 Å². The first-order valence-electron chi connectivity index (χ1n) is 44.0. The second-order valence-corrected chi connectivity index (χ2v) is 40.6. The molecule has 648 valence electrons. The number of methoxy groups -OCH3 is 6. The number of nitrogens with one attached hydrogen (secondary N) is 1. The van der Waals surface area contributed by atoms with E-state index < -0.39 is 16.8 Å². The molecular weight excluding hydrogens is 1620 g/mol. The summed E-state index contributed by atoms with van der Waals surface area (Å²) in [6.07, 6.45) is 35.3. The van der Waals surface area contributed by atoms with Crippen LogP contribution in [0.15, 0.2) is 73.2 Å². The molecule has 12 saturated carbocycles. The number of aromatic amines is 1. The fourth-order valence-electron chi connectivity index (χ4n) is 29.4. The molecule has 119 heavy (non-hydrogen) atoms. The predicted octanol–water partition coefficient (Wildman–Crippen LogP) is 11.1. The molecule has 6 aromatic rings. The molecule has 18 rings (SSSR count). The molecule has 3 heterocycles. The third kappa shape index (κ3) is 18.5. The molecule has 21 nitrogen and oxygen atoms in total. The summed E-state index contributed by atoms with van der Waals surface area (Å²) >= 11 is 3.43. The summed E-state index contributed by atoms with van der Waals surface area (Å²) in [5.41, 5.74) is 2.07. The monoisotopic (exact) mass is 1760 g/mol. The van der Waals surface area contributed by atoms with Gasteiger partial charge in [0.1, 0.15) is 46.1 Å². The Hall–Kier alpha value is -2.58. The molecule has 0 saturated heterocycles. The van der Waals surface area contributed by atoms with Gasteiger partial charge in [-0.2, -0.15) is 15.3 Å². The summed E-state index contributed by atoms with van der Waals surface area (Å²) in [5, 5.41) is 60.6. The van der Waals surface area contributed by atoms with Gasteiger partial charge in [-0.25, -0.2) is 0 Å². The van der Waals surface area contributed by atoms with Crippen molar-refractivity contribution in [2.24, 2.45) is 121 Å². The number of carbonyl (C=O) groups is 4. The van der Waals surface area contributed by atoms with Crippen molar-refractivity contribution < 1.29 is 177 Å². The van der Waals surface area contributed by atoms with Crippen molar-refractivity contribution in [3.63, 3.8) is 0 Å². The van der Waals surface area contributed by atoms with Crippen molar-refractivity contribution in [3.05, 3.63) is 73.2 Å². The van der Waals surface area contributed by atoms with Crippen molar-refractivity contribution in [3.8, 4) is 17.2 Å². The second kappa shape index (κ2) is 39.6. The quantitative estimate of drug-likeness (QED) is 0.0205. The van der Waals surface area contributed by atoms with Gasteiger partial charge in [0, 0.05) is 61.4 Å². The zero-order valence-corrected chi connectivity index (χ0v) is 81.2. The number of fused-ring (bicyclic) bond motifs is 18. The molecule has 0 aliphatic heterocycles. The Balaban J connectivity index is 0.000000172. The molecule has 12 aliphatic rings. The summed E-state index contributed by atoms with van der Waals surface area (Å²) in [6.45, 7) is 16.3. The van der Waals surface area contributed by atoms with Crippen LogP contribution in [0.1, 0.15) is 224 Å². The van der Waals surface area contributed by atoms with E-state index in [1.165, 1.54) is 70.6 Å². The van der Waals surface area contributed by atoms with Crippen LogP contribution >= 0.6 is 15.9 Å². The Morgan fingerprint density at radius 2 is 0.899 bits per heavy atom. The number of ether oxygens (including phenoxy) is 6. The number of hydrogen-bond donors (Lipinski definition) is 4. The smallest absolute Gasteiger partial charge is 1.00 e. The van der Waals surface area contributed by atoms with Crippen molar-refractivity contribution in [1.29, 1.82) is 0 Å². The zero-order valence-electron chi connectivity index (χ0n) is 74.4. The number of ketones is 3. The van der Waals surface area contributed by atoms with E-state index >= 15 is 0 Å². The maximum Gasteiger partial charge on any atom is 1.00 e. The Labute approximate surface area is 802 Å². The normalized spacial score (nSPS) is 38.5. The number of para-hydroxylation sites is 2. The number of benzene rings is 3. The van der Waals surface area contributed by atoms with Gasteiger partial charge in [-0.05, 0) is 316 Å². The van der Waals surface area contributed by atoms with E-state index in [-0.39, 0.29) is 168 Å². The molecule has 4 N–H and O–H groups in total. The van der Waals surface area contributed by atoms with Gasteiger partial charge in [0.25, 0.3) is 6.47 Å². The fourth-order valence-corrected chi connectivity index (χ4v) is 29.8. The summed E-state index contributed by atoms with van der Waals surface area (Å²) in [6, 6.07) is 17.7. The van der Waals surface area contributed by atoms with Gasteiger partial charge in [0.2, 0.25) is 0 Å². The van der Waals surface area contributed by atoms with Crippen LogP contribution in [-0.2, 0) is 51.4 Å². The molecule has 3 aromatic heterocycles. The number of hydrogen-bond acceptors (Lipinski definition) is 18. The number of halogens is 1. The molecule has 0 bridgehead atoms. The molecule has 3 aromatic carbocycles. The largest absolute Gasteiger partial charge is 1.00 e. The van der Waals surface area contributed by atoms with Gasteiger partial charge in [-0.3, -0.25) is 33.6 Å². The summed E-state index contributed by atoms with van der Waals surface area (Å²) in [4.78, 5) is 51.5. The van der Waals surface area contributed by atoms with Crippen LogP contribution in [0.25, 0.3) is 32.7 Å². The number of alkyl halides is 1. The standard InChI is InChI=1S/2C31H44N2O4.C23H37BrO3.C8H8N2O.CH2O3.CH4.2K.H/c1-29(35)14-15-31(19-36-3)21(16-29)8-9-22-23-10-11-25(30(23,2)13-12-24(22)31)26(34)18-33-17-20-6-5-7-27(37-4)28(20)32-33;1-29(35)14-15-31(19-36-3)21(16-29)8-9-22-23-10-11-25(30(23,2)13-12-24(22)31)26(34)18-33-28-20(17-32-33)6-5-7-27(28)37-4;1-21(26)10-11-23(14-27-3)15(12-21)4-5-16-17-6-7-19(20(25)13-24)22(17,2)9-8-18(16)23;1-11-7-4-2-3-6-5-9-10-8(6)7;2-1-4-3;;;;/h2*5-7,17,21-25,35H,8-16,18-19H2,1-4H3;15-19,26H,4-14H2,1-3H3;2-5H,1H3,(H,9,10);1,3H;1H4;;;/q;;;;;;2*+1;-1/p-1/t2*21-,22-,23-,24-,25+,29+,30-,31+;15-,16-,17-,18-,19+,21+,22-,23+;;;;;;/m000....../s1. The Morgan fingerprint density at radius 1 is 0.504 bits per heavy atom. The first-order chi connectivity index (χ1) is 55.5. The molecular formula is C95H139BrK2N6O15. The number of aromatic nitrogens is 6. The minimum atomic E-state index is -0.540. The van der Waals surface area contributed by atoms with E-state index in [1.807, 2.05) is 118 Å². The summed E-state index contributed by atoms with van der Waals surface area (Å²) < 4.78 is 37.5. The number of rotatable bonds is 18. The van der Waals surface area contributed by atoms with Gasteiger partial charge >= 0.3 is 103 Å². The number of carbonyl (C=O) groups excluding carboxylic acids is 4. The van der Waals surface area contributed by atoms with E-state index in [0.717, 1.165) is 178 Å². The average Bonchev–Trinajstić information content (AvgIpc) is 1.34. The number of H-pyrrole nitrogens is 1. The van der Waals surface area contributed by atoms with Crippen molar-refractivity contribution >= 4 is 72.5 Å². The van der Waals surface area contributed by atoms with Crippen molar-refractivity contribution in [1.82, 2.24) is 29.8 Å². The van der Waals surface area contributed by atoms with E-state index in [1.54, 1.807) is 27.5 Å². The van der Waals surface area contributed by atoms with Crippen LogP contribution in [0, 0.1) is 121 Å². The third-order valence-corrected chi connectivity index (χ3v) is 35.0. The van der Waals surface area contributed by atoms with Gasteiger partial charge in [-0.1, -0.05) is 80.5 Å². The Bertz CT molecular complexity index is 4440. The minimum Gasteiger partial charge on any atom is -1.00 e. The molecule has 24 atom stereocenters. The van der Waals surface area contributed by atoms with Gasteiger partial charge in [-0.15, -0.1) is 0 Å². The van der Waals surface area contributed by atoms with E-state index in [4.69, 9.17) is 43.6 Å². The molecule has 0 radical (unpaired) electrons. The van der Waals surface area contributed by atoms with Gasteiger partial charge in [0.05, 0.1) is 82.2 Å². The molecule has 12 fully saturated rings. The maximum absolute atomic E-state index is 13.9. The molecule has 24 heteroatoms. The Morgan fingerprint density at radius 3 is 1.31 bits per heavy atom. The molecule has 0 unspecified atom stereocenters. The van der Waals surface area contributed by atoms with Gasteiger partial charge < -0.3 is 55.3 Å². The van der Waals surface area contributed by atoms with E-state index in [9.17, 15) is 29.7 Å². The van der Waals surface area contributed by atoms with Crippen LogP contribution in [0.5, 0.6) is 17.2 Å². The van der Waals surface area contributed by atoms with Crippen molar-refractivity contribution in [2.45, 2.75) is 252 Å². The van der Waals surface area contributed by atoms with E-state index in [0.29, 0.717) is 101 Å². The number of aliphatic hydroxyl groups is 3. The van der Waals surface area contributed by atoms with Crippen LogP contribution in [-0.4, -0.2) is 154 Å². The van der Waals surface area contributed by atoms with Crippen LogP contribution < -0.4 is 122 Å². The van der Waals surface area contributed by atoms with Crippen LogP contribution in [0.4, 0.5) is 0 Å². The second-order valence-electron chi connectivity index (χ2n) is 40.0. The molecule has 0 spiro atoms. The SMILES string of the molecule is C.COC[C@]12CC[C@@](C)(O)C[C@@H]1CC[C@H]1[C@@H]3CC[C@H](C(=O)CBr)[C@@]3(C)CC[C@@H]12.COC[C@]12CC[C@@](C)(O)C[C@@H]1CC[C@H]1[C@@H]3CC[C@H](C(=O)Cn4cc5cccc(OC)c5n4)[C@@]3(C)CC[C@@H]12.COC[C@]12CC[C@@](C)(O)C[C@@H]1CC[C@H]1[C@@H]3CC[C@H](C(=O)Cn4ncc5cccc(OC)c54)[C@@]3(C)CC[C@@H]12.COc1cccc2cn[nH]c12.O=CO[O-].[H-].[K+].[K+]. The minimum absolute atomic E-state index is 0. The first kappa shape index (κ1) is 97.0. The first-order valence-corrected chi connectivity index (χ1v) is 45.1. The molecule has 12 aliphatic carbocycles. The zero-order chi connectivity index (χ0) is 82.5. The third-order valence-electron chi connectivity index (χ3n) is 34.4. The molecule has 0 amide bonds. The predicted molar refractivity (Wildman–Crippen MR) is 455 cm³/mol. The maximum atomic E-state index is 13.9. The summed E-state index contributed by atoms with van der Waals surface area (Å²) in [5.74, 6) is 11.6. The fraction of sp³-hybridized carbons (Fsp3) is 0.737. The average molecular weight is 1760 g/mol.